The van der Waals surface area contributed by atoms with Gasteiger partial charge in [-0.3, -0.25) is 9.71 Å². The molecule has 0 bridgehead atoms. The molecule has 2 fully saturated rings. The van der Waals surface area contributed by atoms with Gasteiger partial charge in [-0.2, -0.15) is 12.7 Å². The molecule has 1 aromatic heterocycles. The molecule has 1 aliphatic heterocycles. The minimum Gasteiger partial charge on any atom is -0.387 e. The highest BCUT2D eigenvalue weighted by Gasteiger charge is 2.35. The van der Waals surface area contributed by atoms with Crippen molar-refractivity contribution in [3.05, 3.63) is 59.9 Å². The first-order valence-electron chi connectivity index (χ1n) is 11.7. The molecule has 174 valence electrons. The molecule has 2 aliphatic rings. The zero-order valence-electron chi connectivity index (χ0n) is 18.5. The van der Waals surface area contributed by atoms with Crippen molar-refractivity contribution in [1.29, 1.82) is 0 Å². The Balaban J connectivity index is 1.22. The lowest BCUT2D eigenvalue weighted by Crippen LogP contribution is -2.46. The minimum absolute atomic E-state index is 0.460. The van der Waals surface area contributed by atoms with Crippen LogP contribution in [0.3, 0.4) is 0 Å². The van der Waals surface area contributed by atoms with Crippen LogP contribution in [-0.2, 0) is 16.6 Å². The summed E-state index contributed by atoms with van der Waals surface area (Å²) in [7, 11) is -3.52. The second kappa shape index (κ2) is 10.7. The third kappa shape index (κ3) is 6.07. The number of pyridine rings is 1. The van der Waals surface area contributed by atoms with Gasteiger partial charge in [0.05, 0.1) is 6.10 Å². The topological polar surface area (TPSA) is 94.6 Å². The van der Waals surface area contributed by atoms with E-state index in [1.54, 1.807) is 16.7 Å². The lowest BCUT2D eigenvalue weighted by Gasteiger charge is -2.40. The van der Waals surface area contributed by atoms with Gasteiger partial charge in [0.25, 0.3) is 0 Å². The molecule has 0 unspecified atom stereocenters. The molecule has 1 aliphatic carbocycles. The highest BCUT2D eigenvalue weighted by Crippen LogP contribution is 2.36. The van der Waals surface area contributed by atoms with E-state index >= 15 is 0 Å². The number of aliphatic hydroxyl groups is 1. The first kappa shape index (κ1) is 23.2. The maximum Gasteiger partial charge on any atom is 0.301 e. The van der Waals surface area contributed by atoms with Crippen molar-refractivity contribution in [2.75, 3.05) is 30.9 Å². The first-order chi connectivity index (χ1) is 15.5. The van der Waals surface area contributed by atoms with E-state index in [0.717, 1.165) is 36.9 Å². The van der Waals surface area contributed by atoms with Crippen molar-refractivity contribution in [1.82, 2.24) is 14.6 Å². The molecule has 1 saturated carbocycles. The highest BCUT2D eigenvalue weighted by atomic mass is 32.2. The number of anilines is 1. The number of rotatable bonds is 9. The van der Waals surface area contributed by atoms with Crippen LogP contribution >= 0.6 is 0 Å². The lowest BCUT2D eigenvalue weighted by atomic mass is 9.76. The molecular formula is C24H34N4O3S. The Morgan fingerprint density at radius 3 is 2.62 bits per heavy atom. The van der Waals surface area contributed by atoms with Crippen LogP contribution in [0, 0.1) is 11.8 Å². The van der Waals surface area contributed by atoms with Crippen LogP contribution in [0.25, 0.3) is 0 Å². The van der Waals surface area contributed by atoms with Crippen molar-refractivity contribution in [3.8, 4) is 0 Å². The van der Waals surface area contributed by atoms with Gasteiger partial charge in [0, 0.05) is 43.3 Å². The number of piperidine rings is 1. The number of nitrogens with zero attached hydrogens (tertiary/aromatic N) is 2. The van der Waals surface area contributed by atoms with Crippen LogP contribution in [0.2, 0.25) is 0 Å². The third-order valence-electron chi connectivity index (χ3n) is 6.79. The summed E-state index contributed by atoms with van der Waals surface area (Å²) in [5.74, 6) is 1.22. The number of benzene rings is 1. The monoisotopic (exact) mass is 458 g/mol. The van der Waals surface area contributed by atoms with E-state index in [4.69, 9.17) is 0 Å². The molecule has 0 spiro atoms. The predicted octanol–water partition coefficient (Wildman–Crippen LogP) is 3.12. The first-order valence-corrected chi connectivity index (χ1v) is 13.1. The summed E-state index contributed by atoms with van der Waals surface area (Å²) in [6.45, 7) is 2.44. The summed E-state index contributed by atoms with van der Waals surface area (Å²) in [5, 5.41) is 13.4. The van der Waals surface area contributed by atoms with E-state index in [2.05, 4.69) is 15.0 Å². The Hall–Kier alpha value is -2.00. The van der Waals surface area contributed by atoms with Gasteiger partial charge in [0.1, 0.15) is 0 Å². The van der Waals surface area contributed by atoms with Gasteiger partial charge in [0.15, 0.2) is 0 Å². The smallest absolute Gasteiger partial charge is 0.301 e. The third-order valence-corrected chi connectivity index (χ3v) is 8.30. The van der Waals surface area contributed by atoms with E-state index in [0.29, 0.717) is 37.2 Å². The molecule has 32 heavy (non-hydrogen) atoms. The Labute approximate surface area is 191 Å². The summed E-state index contributed by atoms with van der Waals surface area (Å²) in [6, 6.07) is 11.2. The maximum absolute atomic E-state index is 12.9. The van der Waals surface area contributed by atoms with E-state index < -0.39 is 16.3 Å². The molecule has 2 aromatic rings. The summed E-state index contributed by atoms with van der Waals surface area (Å²) in [5.41, 5.74) is 2.50. The SMILES string of the molecule is O=S(=O)(Nc1ccc(CCNC[C@H](O)c2cccnc2)cc1)N1CC[C@@H]2CCCC[C@@H]2C1. The van der Waals surface area contributed by atoms with Gasteiger partial charge >= 0.3 is 10.2 Å². The summed E-state index contributed by atoms with van der Waals surface area (Å²) in [6.07, 6.45) is 9.47. The molecule has 4 rings (SSSR count). The molecular weight excluding hydrogens is 424 g/mol. The van der Waals surface area contributed by atoms with Gasteiger partial charge in [-0.1, -0.05) is 37.5 Å². The van der Waals surface area contributed by atoms with E-state index in [-0.39, 0.29) is 0 Å². The zero-order chi connectivity index (χ0) is 22.4. The van der Waals surface area contributed by atoms with Gasteiger partial charge in [0.2, 0.25) is 0 Å². The largest absolute Gasteiger partial charge is 0.387 e. The van der Waals surface area contributed by atoms with E-state index in [1.807, 2.05) is 36.4 Å². The molecule has 0 radical (unpaired) electrons. The van der Waals surface area contributed by atoms with Crippen molar-refractivity contribution in [2.45, 2.75) is 44.6 Å². The van der Waals surface area contributed by atoms with Crippen molar-refractivity contribution in [3.63, 3.8) is 0 Å². The van der Waals surface area contributed by atoms with Crippen molar-refractivity contribution < 1.29 is 13.5 Å². The predicted molar refractivity (Wildman–Crippen MR) is 126 cm³/mol. The number of fused-ring (bicyclic) bond motifs is 1. The lowest BCUT2D eigenvalue weighted by molar-refractivity contribution is 0.137. The molecule has 8 heteroatoms. The maximum atomic E-state index is 12.9. The Morgan fingerprint density at radius 1 is 1.09 bits per heavy atom. The van der Waals surface area contributed by atoms with Crippen LogP contribution in [0.4, 0.5) is 5.69 Å². The van der Waals surface area contributed by atoms with Crippen LogP contribution < -0.4 is 10.0 Å². The molecule has 1 aromatic carbocycles. The van der Waals surface area contributed by atoms with Gasteiger partial charge < -0.3 is 10.4 Å². The fraction of sp³-hybridized carbons (Fsp3) is 0.542. The molecule has 1 saturated heterocycles. The van der Waals surface area contributed by atoms with E-state index in [1.165, 1.54) is 19.3 Å². The van der Waals surface area contributed by atoms with Crippen molar-refractivity contribution >= 4 is 15.9 Å². The highest BCUT2D eigenvalue weighted by molar-refractivity contribution is 7.90. The normalized spacial score (nSPS) is 22.8. The molecule has 2 heterocycles. The molecule has 3 atom stereocenters. The molecule has 3 N–H and O–H groups in total. The van der Waals surface area contributed by atoms with Crippen molar-refractivity contribution in [2.24, 2.45) is 11.8 Å². The summed E-state index contributed by atoms with van der Waals surface area (Å²) >= 11 is 0. The average Bonchev–Trinajstić information content (AvgIpc) is 2.82. The summed E-state index contributed by atoms with van der Waals surface area (Å²) < 4.78 is 30.2. The molecule has 0 amide bonds. The van der Waals surface area contributed by atoms with Crippen LogP contribution in [-0.4, -0.2) is 49.0 Å². The standard InChI is InChI=1S/C24H34N4O3S/c29-24(21-6-3-13-25-16-21)17-26-14-11-19-7-9-23(10-8-19)27-32(30,31)28-15-12-20-4-1-2-5-22(20)18-28/h3,6-10,13,16,20,22,24,26-27,29H,1-2,4-5,11-12,14-15,17-18H2/t20-,22+,24-/m0/s1. The minimum atomic E-state index is -3.52. The second-order valence-corrected chi connectivity index (χ2v) is 10.7. The summed E-state index contributed by atoms with van der Waals surface area (Å²) in [4.78, 5) is 4.02. The average molecular weight is 459 g/mol. The van der Waals surface area contributed by atoms with Crippen LogP contribution in [0.5, 0.6) is 0 Å². The number of aromatic nitrogens is 1. The van der Waals surface area contributed by atoms with Crippen LogP contribution in [0.1, 0.15) is 49.3 Å². The Kier molecular flexibility index (Phi) is 7.78. The fourth-order valence-corrected chi connectivity index (χ4v) is 6.20. The second-order valence-electron chi connectivity index (χ2n) is 9.01. The number of aliphatic hydroxyl groups excluding tert-OH is 1. The number of nitrogens with one attached hydrogen (secondary N) is 2. The quantitative estimate of drug-likeness (QED) is 0.502. The zero-order valence-corrected chi connectivity index (χ0v) is 19.3. The number of hydrogen-bond donors (Lipinski definition) is 3. The van der Waals surface area contributed by atoms with Gasteiger partial charge in [-0.05, 0) is 61.4 Å². The Bertz CT molecular complexity index is 953. The van der Waals surface area contributed by atoms with Gasteiger partial charge in [-0.15, -0.1) is 0 Å². The van der Waals surface area contributed by atoms with Crippen LogP contribution in [0.15, 0.2) is 48.8 Å². The Morgan fingerprint density at radius 2 is 1.88 bits per heavy atom. The fourth-order valence-electron chi connectivity index (χ4n) is 4.90. The van der Waals surface area contributed by atoms with E-state index in [9.17, 15) is 13.5 Å². The number of hydrogen-bond acceptors (Lipinski definition) is 5. The van der Waals surface area contributed by atoms with Gasteiger partial charge in [-0.25, -0.2) is 0 Å². The molecule has 7 nitrogen and oxygen atoms in total.